The van der Waals surface area contributed by atoms with Gasteiger partial charge in [-0.1, -0.05) is 25.0 Å². The maximum absolute atomic E-state index is 11.6. The van der Waals surface area contributed by atoms with Crippen LogP contribution in [0.15, 0.2) is 12.2 Å². The van der Waals surface area contributed by atoms with Gasteiger partial charge in [0.15, 0.2) is 0 Å². The van der Waals surface area contributed by atoms with Crippen LogP contribution in [-0.4, -0.2) is 29.9 Å². The van der Waals surface area contributed by atoms with E-state index in [4.69, 9.17) is 21.1 Å². The number of fused-ring (bicyclic) bond motifs is 1. The van der Waals surface area contributed by atoms with E-state index in [0.29, 0.717) is 19.4 Å². The molecule has 6 heteroatoms. The Bertz CT molecular complexity index is 502. The number of esters is 2. The lowest BCUT2D eigenvalue weighted by atomic mass is 9.87. The first kappa shape index (κ1) is 19.0. The number of ether oxygens (including phenoxy) is 2. The minimum atomic E-state index is -0.333. The lowest BCUT2D eigenvalue weighted by molar-refractivity contribution is -0.142. The fourth-order valence-corrected chi connectivity index (χ4v) is 3.88. The predicted octanol–water partition coefficient (Wildman–Crippen LogP) is 3.39. The molecule has 1 saturated heterocycles. The molecule has 1 heterocycles. The highest BCUT2D eigenvalue weighted by molar-refractivity contribution is 6.64. The van der Waals surface area contributed by atoms with E-state index < -0.39 is 0 Å². The third-order valence-electron chi connectivity index (χ3n) is 4.83. The molecule has 24 heavy (non-hydrogen) atoms. The van der Waals surface area contributed by atoms with Crippen LogP contribution in [0.4, 0.5) is 0 Å². The van der Waals surface area contributed by atoms with Gasteiger partial charge in [0, 0.05) is 18.8 Å². The van der Waals surface area contributed by atoms with Crippen LogP contribution in [0.2, 0.25) is 0 Å². The lowest BCUT2D eigenvalue weighted by Gasteiger charge is -2.15. The average Bonchev–Trinajstić information content (AvgIpc) is 3.02. The maximum Gasteiger partial charge on any atom is 0.306 e. The van der Waals surface area contributed by atoms with Gasteiger partial charge in [0.1, 0.15) is 6.10 Å². The van der Waals surface area contributed by atoms with E-state index in [9.17, 15) is 14.4 Å². The van der Waals surface area contributed by atoms with Gasteiger partial charge in [-0.05, 0) is 43.2 Å². The maximum atomic E-state index is 11.6. The van der Waals surface area contributed by atoms with Gasteiger partial charge in [-0.2, -0.15) is 0 Å². The molecule has 0 aromatic carbocycles. The number of halogens is 1. The SMILES string of the molecule is CC(=O)OCCCCCCC=C[C@@H]1[C@H]2CC(=O)O[C@@H]2C[C@H]1C(=O)Cl. The summed E-state index contributed by atoms with van der Waals surface area (Å²) in [5.41, 5.74) is 0. The van der Waals surface area contributed by atoms with Gasteiger partial charge < -0.3 is 9.47 Å². The Morgan fingerprint density at radius 1 is 1.29 bits per heavy atom. The van der Waals surface area contributed by atoms with Crippen LogP contribution in [0.5, 0.6) is 0 Å². The normalized spacial score (nSPS) is 28.8. The third kappa shape index (κ3) is 5.33. The van der Waals surface area contributed by atoms with Crippen LogP contribution < -0.4 is 0 Å². The summed E-state index contributed by atoms with van der Waals surface area (Å²) in [4.78, 5) is 33.7. The first-order valence-electron chi connectivity index (χ1n) is 8.68. The van der Waals surface area contributed by atoms with Crippen molar-refractivity contribution in [3.63, 3.8) is 0 Å². The molecule has 0 amide bonds. The molecule has 2 aliphatic rings. The van der Waals surface area contributed by atoms with Crippen LogP contribution in [0.25, 0.3) is 0 Å². The summed E-state index contributed by atoms with van der Waals surface area (Å²) >= 11 is 5.71. The Morgan fingerprint density at radius 3 is 2.75 bits per heavy atom. The monoisotopic (exact) mass is 356 g/mol. The summed E-state index contributed by atoms with van der Waals surface area (Å²) in [7, 11) is 0. The fourth-order valence-electron chi connectivity index (χ4n) is 3.65. The van der Waals surface area contributed by atoms with Crippen molar-refractivity contribution in [3.8, 4) is 0 Å². The Morgan fingerprint density at radius 2 is 2.04 bits per heavy atom. The first-order chi connectivity index (χ1) is 11.5. The predicted molar refractivity (Wildman–Crippen MR) is 89.3 cm³/mol. The van der Waals surface area contributed by atoms with Crippen molar-refractivity contribution < 1.29 is 23.9 Å². The van der Waals surface area contributed by atoms with Crippen molar-refractivity contribution in [3.05, 3.63) is 12.2 Å². The third-order valence-corrected chi connectivity index (χ3v) is 5.11. The number of hydrogen-bond acceptors (Lipinski definition) is 5. The Kier molecular flexibility index (Phi) is 7.28. The summed E-state index contributed by atoms with van der Waals surface area (Å²) in [5.74, 6) is -0.544. The molecular formula is C18H25ClO5. The van der Waals surface area contributed by atoms with Crippen LogP contribution in [0.1, 0.15) is 51.9 Å². The van der Waals surface area contributed by atoms with E-state index in [2.05, 4.69) is 12.2 Å². The minimum Gasteiger partial charge on any atom is -0.466 e. The molecule has 0 aromatic heterocycles. The van der Waals surface area contributed by atoms with Crippen molar-refractivity contribution in [2.24, 2.45) is 17.8 Å². The van der Waals surface area contributed by atoms with Gasteiger partial charge >= 0.3 is 11.9 Å². The lowest BCUT2D eigenvalue weighted by Crippen LogP contribution is -2.18. The van der Waals surface area contributed by atoms with E-state index in [1.807, 2.05) is 0 Å². The number of carbonyl (C=O) groups is 3. The van der Waals surface area contributed by atoms with Crippen molar-refractivity contribution in [1.82, 2.24) is 0 Å². The largest absolute Gasteiger partial charge is 0.466 e. The minimum absolute atomic E-state index is 0.00965. The summed E-state index contributed by atoms with van der Waals surface area (Å²) < 4.78 is 10.2. The summed E-state index contributed by atoms with van der Waals surface area (Å²) in [6, 6.07) is 0. The van der Waals surface area contributed by atoms with E-state index in [0.717, 1.165) is 32.1 Å². The first-order valence-corrected chi connectivity index (χ1v) is 9.05. The second-order valence-corrected chi connectivity index (χ2v) is 6.96. The molecule has 0 bridgehead atoms. The van der Waals surface area contributed by atoms with Gasteiger partial charge in [0.05, 0.1) is 13.0 Å². The molecule has 1 aliphatic carbocycles. The molecule has 0 aromatic rings. The van der Waals surface area contributed by atoms with Crippen LogP contribution in [0.3, 0.4) is 0 Å². The van der Waals surface area contributed by atoms with E-state index in [1.54, 1.807) is 0 Å². The van der Waals surface area contributed by atoms with E-state index >= 15 is 0 Å². The van der Waals surface area contributed by atoms with Gasteiger partial charge in [0.25, 0.3) is 0 Å². The van der Waals surface area contributed by atoms with Crippen LogP contribution in [-0.2, 0) is 23.9 Å². The highest BCUT2D eigenvalue weighted by Crippen LogP contribution is 2.46. The summed E-state index contributed by atoms with van der Waals surface area (Å²) in [6.45, 7) is 1.91. The smallest absolute Gasteiger partial charge is 0.306 e. The molecule has 2 rings (SSSR count). The molecular weight excluding hydrogens is 332 g/mol. The van der Waals surface area contributed by atoms with Crippen LogP contribution in [0, 0.1) is 17.8 Å². The molecule has 1 saturated carbocycles. The zero-order chi connectivity index (χ0) is 17.5. The van der Waals surface area contributed by atoms with E-state index in [-0.39, 0.29) is 41.0 Å². The number of rotatable bonds is 9. The summed E-state index contributed by atoms with van der Waals surface area (Å²) in [5, 5.41) is -0.333. The quantitative estimate of drug-likeness (QED) is 0.274. The van der Waals surface area contributed by atoms with Gasteiger partial charge in [-0.3, -0.25) is 14.4 Å². The molecule has 0 N–H and O–H groups in total. The highest BCUT2D eigenvalue weighted by atomic mass is 35.5. The summed E-state index contributed by atoms with van der Waals surface area (Å²) in [6.07, 6.45) is 9.89. The van der Waals surface area contributed by atoms with Crippen molar-refractivity contribution >= 4 is 28.8 Å². The van der Waals surface area contributed by atoms with Crippen LogP contribution >= 0.6 is 11.6 Å². The second kappa shape index (κ2) is 9.21. The Labute approximate surface area is 147 Å². The standard InChI is InChI=1S/C18H25ClO5/c1-12(20)23-9-7-5-3-2-4-6-8-13-14-11-17(21)24-16(14)10-15(13)18(19)22/h6,8,13-16H,2-5,7,9-11H2,1H3/t13-,14-,15-,16-/m1/s1. The molecule has 2 fully saturated rings. The number of carbonyl (C=O) groups excluding carboxylic acids is 3. The molecule has 4 atom stereocenters. The average molecular weight is 357 g/mol. The molecule has 0 spiro atoms. The Hall–Kier alpha value is -1.36. The second-order valence-electron chi connectivity index (χ2n) is 6.59. The highest BCUT2D eigenvalue weighted by Gasteiger charge is 2.50. The zero-order valence-electron chi connectivity index (χ0n) is 14.0. The molecule has 0 radical (unpaired) electrons. The van der Waals surface area contributed by atoms with Gasteiger partial charge in [-0.25, -0.2) is 0 Å². The zero-order valence-corrected chi connectivity index (χ0v) is 14.8. The molecule has 5 nitrogen and oxygen atoms in total. The van der Waals surface area contributed by atoms with Gasteiger partial charge in [-0.15, -0.1) is 0 Å². The number of hydrogen-bond donors (Lipinski definition) is 0. The topological polar surface area (TPSA) is 69.7 Å². The molecule has 134 valence electrons. The number of unbranched alkanes of at least 4 members (excludes halogenated alkanes) is 4. The Balaban J connectivity index is 1.69. The van der Waals surface area contributed by atoms with E-state index in [1.165, 1.54) is 6.92 Å². The fraction of sp³-hybridized carbons (Fsp3) is 0.722. The molecule has 0 unspecified atom stereocenters. The number of allylic oxidation sites excluding steroid dienone is 2. The van der Waals surface area contributed by atoms with Gasteiger partial charge in [0.2, 0.25) is 5.24 Å². The molecule has 1 aliphatic heterocycles. The van der Waals surface area contributed by atoms with Crippen molar-refractivity contribution in [2.75, 3.05) is 6.61 Å². The van der Waals surface area contributed by atoms with Crippen molar-refractivity contribution in [2.45, 2.75) is 58.0 Å². The van der Waals surface area contributed by atoms with Crippen molar-refractivity contribution in [1.29, 1.82) is 0 Å².